The Morgan fingerprint density at radius 2 is 2.28 bits per heavy atom. The molecule has 0 aromatic heterocycles. The van der Waals surface area contributed by atoms with E-state index in [-0.39, 0.29) is 10.8 Å². The molecule has 1 aliphatic heterocycles. The molecule has 1 aromatic carbocycles. The fraction of sp³-hybridized carbons (Fsp3) is 0.455. The first kappa shape index (κ1) is 13.8. The van der Waals surface area contributed by atoms with Gasteiger partial charge in [0.1, 0.15) is 0 Å². The van der Waals surface area contributed by atoms with Crippen LogP contribution in [0.2, 0.25) is 0 Å². The maximum absolute atomic E-state index is 12.0. The van der Waals surface area contributed by atoms with Crippen molar-refractivity contribution in [1.82, 2.24) is 4.72 Å². The lowest BCUT2D eigenvalue weighted by Crippen LogP contribution is -2.29. The smallest absolute Gasteiger partial charge is 0.240 e. The molecule has 3 N–H and O–H groups in total. The molecule has 1 aromatic rings. The van der Waals surface area contributed by atoms with Gasteiger partial charge in [-0.15, -0.1) is 0 Å². The van der Waals surface area contributed by atoms with Gasteiger partial charge >= 0.3 is 0 Å². The Bertz CT molecular complexity index is 527. The molecule has 1 fully saturated rings. The summed E-state index contributed by atoms with van der Waals surface area (Å²) in [6, 6.07) is 4.59. The van der Waals surface area contributed by atoms with Crippen molar-refractivity contribution in [1.29, 1.82) is 0 Å². The highest BCUT2D eigenvalue weighted by Gasteiger charge is 2.20. The van der Waals surface area contributed by atoms with Gasteiger partial charge in [0.05, 0.1) is 11.5 Å². The van der Waals surface area contributed by atoms with Gasteiger partial charge in [-0.2, -0.15) is 0 Å². The standard InChI is InChI=1S/C11H15BrN2O3S/c12-10-2-1-9(5-11(10)13)18(15,16)14-6-8-3-4-17-7-8/h1-2,5,8,14H,3-4,6-7,13H2. The Balaban J connectivity index is 2.07. The summed E-state index contributed by atoms with van der Waals surface area (Å²) in [6.07, 6.45) is 0.894. The molecule has 1 aliphatic rings. The van der Waals surface area contributed by atoms with E-state index in [2.05, 4.69) is 20.7 Å². The van der Waals surface area contributed by atoms with E-state index in [1.807, 2.05) is 0 Å². The molecule has 1 saturated heterocycles. The number of hydrogen-bond donors (Lipinski definition) is 2. The third-order valence-electron chi connectivity index (χ3n) is 2.86. The molecular weight excluding hydrogens is 320 g/mol. The number of hydrogen-bond acceptors (Lipinski definition) is 4. The Kier molecular flexibility index (Phi) is 4.26. The van der Waals surface area contributed by atoms with Crippen molar-refractivity contribution in [3.05, 3.63) is 22.7 Å². The Labute approximate surface area is 115 Å². The van der Waals surface area contributed by atoms with Crippen LogP contribution < -0.4 is 10.5 Å². The molecule has 7 heteroatoms. The lowest BCUT2D eigenvalue weighted by Gasteiger charge is -2.11. The van der Waals surface area contributed by atoms with Crippen LogP contribution in [0.15, 0.2) is 27.6 Å². The Hall–Kier alpha value is -0.630. The van der Waals surface area contributed by atoms with Crippen molar-refractivity contribution in [2.75, 3.05) is 25.5 Å². The minimum atomic E-state index is -3.49. The van der Waals surface area contributed by atoms with Crippen LogP contribution in [0.4, 0.5) is 5.69 Å². The second kappa shape index (κ2) is 5.56. The summed E-state index contributed by atoms with van der Waals surface area (Å²) in [5.74, 6) is 0.257. The predicted octanol–water partition coefficient (Wildman–Crippen LogP) is 1.35. The maximum Gasteiger partial charge on any atom is 0.240 e. The van der Waals surface area contributed by atoms with Crippen LogP contribution in [-0.4, -0.2) is 28.2 Å². The van der Waals surface area contributed by atoms with Crippen LogP contribution in [0.1, 0.15) is 6.42 Å². The lowest BCUT2D eigenvalue weighted by atomic mass is 10.1. The number of nitrogens with two attached hydrogens (primary N) is 1. The average Bonchev–Trinajstić information content (AvgIpc) is 2.83. The maximum atomic E-state index is 12.0. The first-order valence-corrected chi connectivity index (χ1v) is 7.89. The quantitative estimate of drug-likeness (QED) is 0.814. The van der Waals surface area contributed by atoms with Crippen molar-refractivity contribution < 1.29 is 13.2 Å². The SMILES string of the molecule is Nc1cc(S(=O)(=O)NCC2CCOC2)ccc1Br. The second-order valence-electron chi connectivity index (χ2n) is 4.26. The van der Waals surface area contributed by atoms with Crippen LogP contribution in [0.25, 0.3) is 0 Å². The lowest BCUT2D eigenvalue weighted by molar-refractivity contribution is 0.186. The van der Waals surface area contributed by atoms with Crippen molar-refractivity contribution in [2.45, 2.75) is 11.3 Å². The van der Waals surface area contributed by atoms with E-state index in [0.29, 0.717) is 29.9 Å². The number of nitrogen functional groups attached to an aromatic ring is 1. The van der Waals surface area contributed by atoms with E-state index < -0.39 is 10.0 Å². The molecule has 0 radical (unpaired) electrons. The highest BCUT2D eigenvalue weighted by Crippen LogP contribution is 2.23. The van der Waals surface area contributed by atoms with E-state index in [9.17, 15) is 8.42 Å². The zero-order valence-electron chi connectivity index (χ0n) is 9.73. The van der Waals surface area contributed by atoms with Gasteiger partial charge in [-0.1, -0.05) is 0 Å². The number of anilines is 1. The Morgan fingerprint density at radius 1 is 1.50 bits per heavy atom. The zero-order valence-corrected chi connectivity index (χ0v) is 12.1. The van der Waals surface area contributed by atoms with Crippen LogP contribution in [0.5, 0.6) is 0 Å². The van der Waals surface area contributed by atoms with Crippen LogP contribution in [0.3, 0.4) is 0 Å². The summed E-state index contributed by atoms with van der Waals surface area (Å²) in [4.78, 5) is 0.183. The van der Waals surface area contributed by atoms with Crippen molar-refractivity contribution in [2.24, 2.45) is 5.92 Å². The molecule has 18 heavy (non-hydrogen) atoms. The van der Waals surface area contributed by atoms with Gasteiger partial charge in [0, 0.05) is 23.3 Å². The van der Waals surface area contributed by atoms with E-state index in [1.54, 1.807) is 6.07 Å². The molecule has 0 spiro atoms. The van der Waals surface area contributed by atoms with Gasteiger partial charge < -0.3 is 10.5 Å². The van der Waals surface area contributed by atoms with E-state index in [1.165, 1.54) is 12.1 Å². The topological polar surface area (TPSA) is 81.4 Å². The molecule has 0 amide bonds. The molecule has 0 aliphatic carbocycles. The molecule has 5 nitrogen and oxygen atoms in total. The number of sulfonamides is 1. The third-order valence-corrected chi connectivity index (χ3v) is 5.01. The second-order valence-corrected chi connectivity index (χ2v) is 6.89. The van der Waals surface area contributed by atoms with E-state index in [4.69, 9.17) is 10.5 Å². The van der Waals surface area contributed by atoms with Gasteiger partial charge in [0.15, 0.2) is 0 Å². The molecule has 1 heterocycles. The summed E-state index contributed by atoms with van der Waals surface area (Å²) in [7, 11) is -3.49. The van der Waals surface area contributed by atoms with Gasteiger partial charge in [-0.25, -0.2) is 13.1 Å². The van der Waals surface area contributed by atoms with E-state index in [0.717, 1.165) is 6.42 Å². The number of ether oxygens (including phenoxy) is 1. The minimum Gasteiger partial charge on any atom is -0.398 e. The molecule has 1 unspecified atom stereocenters. The first-order chi connectivity index (χ1) is 8.49. The molecule has 100 valence electrons. The van der Waals surface area contributed by atoms with Gasteiger partial charge in [0.2, 0.25) is 10.0 Å². The third kappa shape index (κ3) is 3.23. The van der Waals surface area contributed by atoms with Crippen molar-refractivity contribution in [3.8, 4) is 0 Å². The largest absolute Gasteiger partial charge is 0.398 e. The predicted molar refractivity (Wildman–Crippen MR) is 72.7 cm³/mol. The Morgan fingerprint density at radius 3 is 2.89 bits per heavy atom. The minimum absolute atomic E-state index is 0.183. The van der Waals surface area contributed by atoms with Crippen molar-refractivity contribution in [3.63, 3.8) is 0 Å². The summed E-state index contributed by atoms with van der Waals surface area (Å²) >= 11 is 3.23. The van der Waals surface area contributed by atoms with Gasteiger partial charge in [-0.05, 0) is 46.5 Å². The first-order valence-electron chi connectivity index (χ1n) is 5.61. The molecule has 2 rings (SSSR count). The fourth-order valence-electron chi connectivity index (χ4n) is 1.74. The van der Waals surface area contributed by atoms with Crippen LogP contribution >= 0.6 is 15.9 Å². The number of nitrogens with one attached hydrogen (secondary N) is 1. The highest BCUT2D eigenvalue weighted by atomic mass is 79.9. The summed E-state index contributed by atoms with van der Waals surface area (Å²) in [6.45, 7) is 1.72. The molecule has 1 atom stereocenters. The summed E-state index contributed by atoms with van der Waals surface area (Å²) < 4.78 is 32.5. The highest BCUT2D eigenvalue weighted by molar-refractivity contribution is 9.10. The van der Waals surface area contributed by atoms with Crippen molar-refractivity contribution >= 4 is 31.6 Å². The van der Waals surface area contributed by atoms with E-state index >= 15 is 0 Å². The van der Waals surface area contributed by atoms with Gasteiger partial charge in [0.25, 0.3) is 0 Å². The molecular formula is C11H15BrN2O3S. The summed E-state index contributed by atoms with van der Waals surface area (Å²) in [5.41, 5.74) is 6.08. The average molecular weight is 335 g/mol. The summed E-state index contributed by atoms with van der Waals surface area (Å²) in [5, 5.41) is 0. The van der Waals surface area contributed by atoms with Crippen LogP contribution in [0, 0.1) is 5.92 Å². The number of benzene rings is 1. The number of rotatable bonds is 4. The van der Waals surface area contributed by atoms with Gasteiger partial charge in [-0.3, -0.25) is 0 Å². The number of halogens is 1. The fourth-order valence-corrected chi connectivity index (χ4v) is 3.14. The monoisotopic (exact) mass is 334 g/mol. The molecule has 0 saturated carbocycles. The van der Waals surface area contributed by atoms with Crippen LogP contribution in [-0.2, 0) is 14.8 Å². The molecule has 0 bridgehead atoms. The normalized spacial score (nSPS) is 20.2. The zero-order chi connectivity index (χ0) is 13.2.